The molecule has 3 heterocycles. The van der Waals surface area contributed by atoms with Gasteiger partial charge in [0.25, 0.3) is 0 Å². The highest BCUT2D eigenvalue weighted by molar-refractivity contribution is 6.32. The quantitative estimate of drug-likeness (QED) is 0.128. The van der Waals surface area contributed by atoms with Gasteiger partial charge in [-0.25, -0.2) is 0 Å². The van der Waals surface area contributed by atoms with E-state index in [9.17, 15) is 15.5 Å². The van der Waals surface area contributed by atoms with Gasteiger partial charge in [0.2, 0.25) is 0 Å². The fourth-order valence-corrected chi connectivity index (χ4v) is 7.19. The van der Waals surface area contributed by atoms with Crippen LogP contribution >= 0.6 is 11.6 Å². The van der Waals surface area contributed by atoms with Crippen LogP contribution in [0.15, 0.2) is 67.0 Å². The summed E-state index contributed by atoms with van der Waals surface area (Å²) in [6, 6.07) is 20.6. The summed E-state index contributed by atoms with van der Waals surface area (Å²) in [5.74, 6) is 1.11. The summed E-state index contributed by atoms with van der Waals surface area (Å²) in [7, 11) is 0. The predicted octanol–water partition coefficient (Wildman–Crippen LogP) is 6.03. The average Bonchev–Trinajstić information content (AvgIpc) is 3.55. The summed E-state index contributed by atoms with van der Waals surface area (Å²) < 4.78 is 12.6. The van der Waals surface area contributed by atoms with E-state index in [1.165, 1.54) is 34.1 Å². The van der Waals surface area contributed by atoms with Crippen molar-refractivity contribution in [2.75, 3.05) is 50.8 Å². The number of ether oxygens (including phenoxy) is 2. The molecule has 3 N–H and O–H groups in total. The lowest BCUT2D eigenvalue weighted by atomic mass is 9.92. The second-order valence-electron chi connectivity index (χ2n) is 13.1. The standard InChI is InChI=1S/C40H46ClN5O4/c1-28-31(27-50-40-21-39(32(20-37(40)41)25-43-12-18-47)49-26-30-19-29(22-42)23-44-24-30)5-2-6-34(28)35-7-3-8-38-36(35)11-17-46(38)14-4-13-45-15-9-33(48)10-16-45/h2-3,5-8,19-21,23-24,33,43,47-48H,4,9-18,25-27H2,1H3. The van der Waals surface area contributed by atoms with Crippen LogP contribution in [0.3, 0.4) is 0 Å². The molecule has 3 aromatic carbocycles. The lowest BCUT2D eigenvalue weighted by molar-refractivity contribution is 0.0823. The zero-order valence-electron chi connectivity index (χ0n) is 28.7. The van der Waals surface area contributed by atoms with Crippen LogP contribution in [0.5, 0.6) is 11.5 Å². The molecule has 0 atom stereocenters. The third kappa shape index (κ3) is 8.76. The Labute approximate surface area is 300 Å². The Kier molecular flexibility index (Phi) is 12.2. The molecule has 4 aromatic rings. The molecule has 262 valence electrons. The molecule has 50 heavy (non-hydrogen) atoms. The largest absolute Gasteiger partial charge is 0.488 e. The first kappa shape index (κ1) is 35.6. The number of hydrogen-bond acceptors (Lipinski definition) is 9. The third-order valence-corrected chi connectivity index (χ3v) is 10.0. The molecule has 0 aliphatic carbocycles. The van der Waals surface area contributed by atoms with E-state index in [-0.39, 0.29) is 19.3 Å². The number of likely N-dealkylation sites (tertiary alicyclic amines) is 1. The molecule has 6 rings (SSSR count). The smallest absolute Gasteiger partial charge is 0.142 e. The van der Waals surface area contributed by atoms with Crippen LogP contribution in [0.2, 0.25) is 5.02 Å². The number of aliphatic hydroxyl groups is 2. The number of hydrogen-bond donors (Lipinski definition) is 3. The molecule has 1 aromatic heterocycles. The number of pyridine rings is 1. The van der Waals surface area contributed by atoms with Crippen molar-refractivity contribution in [1.82, 2.24) is 15.2 Å². The summed E-state index contributed by atoms with van der Waals surface area (Å²) in [6.45, 7) is 8.76. The van der Waals surface area contributed by atoms with Crippen molar-refractivity contribution in [3.05, 3.63) is 105 Å². The number of anilines is 1. The van der Waals surface area contributed by atoms with Gasteiger partial charge in [-0.15, -0.1) is 0 Å². The van der Waals surface area contributed by atoms with Crippen molar-refractivity contribution in [3.8, 4) is 28.7 Å². The van der Waals surface area contributed by atoms with Crippen molar-refractivity contribution >= 4 is 17.3 Å². The normalized spacial score (nSPS) is 14.8. The summed E-state index contributed by atoms with van der Waals surface area (Å²) in [5.41, 5.74) is 9.55. The van der Waals surface area contributed by atoms with E-state index in [1.807, 2.05) is 12.1 Å². The van der Waals surface area contributed by atoms with Gasteiger partial charge in [0.05, 0.1) is 23.3 Å². The SMILES string of the molecule is Cc1c(COc2cc(OCc3cncc(C#N)c3)c(CNCCO)cc2Cl)cccc1-c1cccc2c1CCN2CCCN1CCC(O)CC1. The van der Waals surface area contributed by atoms with Gasteiger partial charge in [-0.2, -0.15) is 5.26 Å². The lowest BCUT2D eigenvalue weighted by Crippen LogP contribution is -2.37. The van der Waals surface area contributed by atoms with Crippen molar-refractivity contribution < 1.29 is 19.7 Å². The van der Waals surface area contributed by atoms with Gasteiger partial charge >= 0.3 is 0 Å². The fourth-order valence-electron chi connectivity index (χ4n) is 6.95. The Morgan fingerprint density at radius 2 is 1.76 bits per heavy atom. The molecule has 2 aliphatic rings. The zero-order valence-corrected chi connectivity index (χ0v) is 29.5. The number of benzene rings is 3. The summed E-state index contributed by atoms with van der Waals surface area (Å²) >= 11 is 6.75. The number of aromatic nitrogens is 1. The molecule has 0 spiro atoms. The summed E-state index contributed by atoms with van der Waals surface area (Å²) in [5, 5.41) is 32.0. The Bertz CT molecular complexity index is 1800. The van der Waals surface area contributed by atoms with Crippen LogP contribution in [0, 0.1) is 18.3 Å². The van der Waals surface area contributed by atoms with Crippen LogP contribution in [0.25, 0.3) is 11.1 Å². The van der Waals surface area contributed by atoms with Gasteiger partial charge in [0.1, 0.15) is 30.8 Å². The number of rotatable bonds is 15. The molecule has 10 heteroatoms. The van der Waals surface area contributed by atoms with Crippen LogP contribution < -0.4 is 19.7 Å². The van der Waals surface area contributed by atoms with Crippen molar-refractivity contribution in [3.63, 3.8) is 0 Å². The Morgan fingerprint density at radius 1 is 0.960 bits per heavy atom. The van der Waals surface area contributed by atoms with Crippen LogP contribution in [0.1, 0.15) is 52.6 Å². The van der Waals surface area contributed by atoms with Crippen LogP contribution in [-0.4, -0.2) is 72.1 Å². The van der Waals surface area contributed by atoms with Gasteiger partial charge in [0, 0.05) is 74.5 Å². The van der Waals surface area contributed by atoms with Gasteiger partial charge < -0.3 is 34.8 Å². The predicted molar refractivity (Wildman–Crippen MR) is 197 cm³/mol. The van der Waals surface area contributed by atoms with Crippen LogP contribution in [0.4, 0.5) is 5.69 Å². The number of aliphatic hydroxyl groups excluding tert-OH is 2. The summed E-state index contributed by atoms with van der Waals surface area (Å²) in [6.07, 6.45) is 6.98. The van der Waals surface area contributed by atoms with E-state index in [0.29, 0.717) is 41.8 Å². The number of halogens is 1. The van der Waals surface area contributed by atoms with E-state index in [1.54, 1.807) is 12.3 Å². The van der Waals surface area contributed by atoms with Crippen molar-refractivity contribution in [2.45, 2.75) is 58.5 Å². The number of nitrogens with one attached hydrogen (secondary N) is 1. The van der Waals surface area contributed by atoms with Crippen molar-refractivity contribution in [1.29, 1.82) is 5.26 Å². The minimum absolute atomic E-state index is 0.0199. The molecule has 9 nitrogen and oxygen atoms in total. The van der Waals surface area contributed by atoms with Gasteiger partial charge in [-0.3, -0.25) is 4.98 Å². The van der Waals surface area contributed by atoms with Crippen LogP contribution in [-0.2, 0) is 26.2 Å². The molecule has 0 amide bonds. The molecule has 2 aliphatic heterocycles. The maximum Gasteiger partial charge on any atom is 0.142 e. The highest BCUT2D eigenvalue weighted by Crippen LogP contribution is 2.39. The molecular formula is C40H46ClN5O4. The highest BCUT2D eigenvalue weighted by atomic mass is 35.5. The minimum Gasteiger partial charge on any atom is -0.488 e. The topological polar surface area (TPSA) is 114 Å². The minimum atomic E-state index is -0.129. The van der Waals surface area contributed by atoms with Crippen molar-refractivity contribution in [2.24, 2.45) is 0 Å². The van der Waals surface area contributed by atoms with Gasteiger partial charge in [-0.05, 0) is 85.2 Å². The van der Waals surface area contributed by atoms with E-state index < -0.39 is 0 Å². The maximum atomic E-state index is 9.83. The number of piperidine rings is 1. The van der Waals surface area contributed by atoms with E-state index in [2.05, 4.69) is 69.5 Å². The molecule has 0 radical (unpaired) electrons. The Morgan fingerprint density at radius 3 is 2.58 bits per heavy atom. The zero-order chi connectivity index (χ0) is 34.9. The molecule has 0 saturated carbocycles. The molecule has 0 bridgehead atoms. The molecule has 0 unspecified atom stereocenters. The first-order valence-corrected chi connectivity index (χ1v) is 17.9. The summed E-state index contributed by atoms with van der Waals surface area (Å²) in [4.78, 5) is 9.15. The second-order valence-corrected chi connectivity index (χ2v) is 13.5. The van der Waals surface area contributed by atoms with E-state index in [4.69, 9.17) is 21.1 Å². The maximum absolute atomic E-state index is 9.83. The monoisotopic (exact) mass is 695 g/mol. The highest BCUT2D eigenvalue weighted by Gasteiger charge is 2.24. The Balaban J connectivity index is 1.15. The molecular weight excluding hydrogens is 650 g/mol. The lowest BCUT2D eigenvalue weighted by Gasteiger charge is -2.30. The van der Waals surface area contributed by atoms with E-state index >= 15 is 0 Å². The average molecular weight is 696 g/mol. The Hall–Kier alpha value is -4.17. The third-order valence-electron chi connectivity index (χ3n) is 9.74. The number of nitriles is 1. The number of nitrogens with zero attached hydrogens (tertiary/aromatic N) is 4. The molecule has 1 saturated heterocycles. The van der Waals surface area contributed by atoms with Gasteiger partial charge in [0.15, 0.2) is 0 Å². The fraction of sp³-hybridized carbons (Fsp3) is 0.400. The number of fused-ring (bicyclic) bond motifs is 1. The first-order valence-electron chi connectivity index (χ1n) is 17.5. The van der Waals surface area contributed by atoms with E-state index in [0.717, 1.165) is 75.1 Å². The van der Waals surface area contributed by atoms with Gasteiger partial charge in [-0.1, -0.05) is 41.9 Å². The second kappa shape index (κ2) is 17.2. The molecule has 1 fully saturated rings. The first-order chi connectivity index (χ1) is 24.4.